The second kappa shape index (κ2) is 7.26. The molecule has 0 saturated carbocycles. The van der Waals surface area contributed by atoms with E-state index in [-0.39, 0.29) is 11.7 Å². The molecule has 1 N–H and O–H groups in total. The molecule has 4 aromatic rings. The number of benzene rings is 2. The Bertz CT molecular complexity index is 1100. The van der Waals surface area contributed by atoms with E-state index in [4.69, 9.17) is 0 Å². The van der Waals surface area contributed by atoms with Gasteiger partial charge in [0, 0.05) is 7.05 Å². The third kappa shape index (κ3) is 3.26. The number of nitrogens with one attached hydrogen (secondary N) is 1. The molecule has 0 aliphatic carbocycles. The lowest BCUT2D eigenvalue weighted by molar-refractivity contribution is 0.0781. The fourth-order valence-corrected chi connectivity index (χ4v) is 3.28. The monoisotopic (exact) mass is 377 g/mol. The Morgan fingerprint density at radius 3 is 2.64 bits per heavy atom. The highest BCUT2D eigenvalue weighted by Crippen LogP contribution is 2.19. The predicted octanol–water partition coefficient (Wildman–Crippen LogP) is 3.72. The molecule has 0 atom stereocenters. The van der Waals surface area contributed by atoms with Crippen molar-refractivity contribution in [2.24, 2.45) is 0 Å². The lowest BCUT2D eigenvalue weighted by Gasteiger charge is -2.16. The van der Waals surface area contributed by atoms with E-state index in [9.17, 15) is 9.18 Å². The van der Waals surface area contributed by atoms with Crippen molar-refractivity contribution in [2.75, 3.05) is 7.05 Å². The normalized spacial score (nSPS) is 11.1. The smallest absolute Gasteiger partial charge is 0.257 e. The number of imidazole rings is 1. The van der Waals surface area contributed by atoms with Crippen LogP contribution in [0.25, 0.3) is 16.7 Å². The molecule has 28 heavy (non-hydrogen) atoms. The number of halogens is 1. The van der Waals surface area contributed by atoms with Crippen LogP contribution in [-0.2, 0) is 13.0 Å². The number of hydrogen-bond donors (Lipinski definition) is 1. The van der Waals surface area contributed by atoms with Crippen LogP contribution >= 0.6 is 0 Å². The van der Waals surface area contributed by atoms with E-state index in [0.717, 1.165) is 28.2 Å². The first-order valence-corrected chi connectivity index (χ1v) is 9.08. The Hall–Kier alpha value is -3.48. The molecule has 0 aliphatic heterocycles. The minimum Gasteiger partial charge on any atom is -0.340 e. The maximum Gasteiger partial charge on any atom is 0.257 e. The Labute approximate surface area is 161 Å². The summed E-state index contributed by atoms with van der Waals surface area (Å²) < 4.78 is 14.9. The maximum absolute atomic E-state index is 13.2. The molecule has 0 saturated heterocycles. The molecule has 0 bridgehead atoms. The van der Waals surface area contributed by atoms with Crippen LogP contribution in [0.3, 0.4) is 0 Å². The summed E-state index contributed by atoms with van der Waals surface area (Å²) in [7, 11) is 1.74. The van der Waals surface area contributed by atoms with Crippen molar-refractivity contribution in [3.63, 3.8) is 0 Å². The van der Waals surface area contributed by atoms with Crippen molar-refractivity contribution in [2.45, 2.75) is 19.9 Å². The summed E-state index contributed by atoms with van der Waals surface area (Å²) in [4.78, 5) is 22.4. The lowest BCUT2D eigenvalue weighted by Crippen LogP contribution is -2.27. The first kappa shape index (κ1) is 17.9. The van der Waals surface area contributed by atoms with Crippen LogP contribution in [0.4, 0.5) is 4.39 Å². The van der Waals surface area contributed by atoms with Crippen molar-refractivity contribution in [1.29, 1.82) is 0 Å². The van der Waals surface area contributed by atoms with Crippen LogP contribution < -0.4 is 0 Å². The fraction of sp³-hybridized carbons (Fsp3) is 0.190. The molecule has 2 aromatic carbocycles. The summed E-state index contributed by atoms with van der Waals surface area (Å²) in [5.41, 5.74) is 3.85. The topological polar surface area (TPSA) is 66.8 Å². The molecular formula is C21H20FN5O. The molecule has 0 fully saturated rings. The van der Waals surface area contributed by atoms with Crippen molar-refractivity contribution in [3.8, 4) is 5.69 Å². The Kier molecular flexibility index (Phi) is 4.65. The summed E-state index contributed by atoms with van der Waals surface area (Å²) in [6.45, 7) is 2.32. The first-order chi connectivity index (χ1) is 13.6. The number of H-pyrrole nitrogens is 1. The number of carbonyl (C=O) groups is 1. The third-order valence-corrected chi connectivity index (χ3v) is 4.68. The van der Waals surface area contributed by atoms with Gasteiger partial charge in [0.05, 0.1) is 40.7 Å². The molecule has 0 aliphatic rings. The zero-order valence-electron chi connectivity index (χ0n) is 15.7. The van der Waals surface area contributed by atoms with Gasteiger partial charge in [-0.1, -0.05) is 19.1 Å². The third-order valence-electron chi connectivity index (χ3n) is 4.68. The standard InChI is InChI=1S/C21H20FN5O/c1-3-19-16(12-23-27(19)15-10-8-14(22)9-11-15)21(28)26(2)13-20-24-17-6-4-5-7-18(17)25-20/h4-12H,3,13H2,1-2H3,(H,24,25). The van der Waals surface area contributed by atoms with Gasteiger partial charge in [0.15, 0.2) is 0 Å². The van der Waals surface area contributed by atoms with Crippen molar-refractivity contribution in [1.82, 2.24) is 24.6 Å². The minimum atomic E-state index is -0.309. The van der Waals surface area contributed by atoms with E-state index in [1.165, 1.54) is 12.1 Å². The number of aromatic amines is 1. The highest BCUT2D eigenvalue weighted by atomic mass is 19.1. The SMILES string of the molecule is CCc1c(C(=O)N(C)Cc2nc3ccccc3[nH]2)cnn1-c1ccc(F)cc1. The number of hydrogen-bond acceptors (Lipinski definition) is 3. The molecule has 0 unspecified atom stereocenters. The van der Waals surface area contributed by atoms with Gasteiger partial charge >= 0.3 is 0 Å². The van der Waals surface area contributed by atoms with E-state index in [1.807, 2.05) is 31.2 Å². The van der Waals surface area contributed by atoms with E-state index in [0.29, 0.717) is 18.5 Å². The highest BCUT2D eigenvalue weighted by Gasteiger charge is 2.21. The van der Waals surface area contributed by atoms with Gasteiger partial charge in [-0.3, -0.25) is 4.79 Å². The molecule has 0 radical (unpaired) electrons. The lowest BCUT2D eigenvalue weighted by atomic mass is 10.1. The van der Waals surface area contributed by atoms with Gasteiger partial charge in [0.2, 0.25) is 0 Å². The van der Waals surface area contributed by atoms with E-state index in [2.05, 4.69) is 15.1 Å². The summed E-state index contributed by atoms with van der Waals surface area (Å²) in [5, 5.41) is 4.36. The average Bonchev–Trinajstić information content (AvgIpc) is 3.31. The molecule has 2 aromatic heterocycles. The summed E-state index contributed by atoms with van der Waals surface area (Å²) >= 11 is 0. The molecule has 4 rings (SSSR count). The van der Waals surface area contributed by atoms with Crippen LogP contribution in [0.1, 0.15) is 28.8 Å². The number of para-hydroxylation sites is 2. The van der Waals surface area contributed by atoms with E-state index >= 15 is 0 Å². The van der Waals surface area contributed by atoms with Crippen molar-refractivity contribution < 1.29 is 9.18 Å². The van der Waals surface area contributed by atoms with E-state index < -0.39 is 0 Å². The van der Waals surface area contributed by atoms with Crippen molar-refractivity contribution in [3.05, 3.63) is 77.6 Å². The average molecular weight is 377 g/mol. The zero-order valence-corrected chi connectivity index (χ0v) is 15.7. The second-order valence-corrected chi connectivity index (χ2v) is 6.61. The number of nitrogens with zero attached hydrogens (tertiary/aromatic N) is 4. The van der Waals surface area contributed by atoms with Crippen LogP contribution in [-0.4, -0.2) is 37.6 Å². The van der Waals surface area contributed by atoms with Gasteiger partial charge in [-0.15, -0.1) is 0 Å². The van der Waals surface area contributed by atoms with Gasteiger partial charge in [-0.2, -0.15) is 5.10 Å². The van der Waals surface area contributed by atoms with Crippen LogP contribution in [0, 0.1) is 5.82 Å². The van der Waals surface area contributed by atoms with Gasteiger partial charge < -0.3 is 9.88 Å². The van der Waals surface area contributed by atoms with Gasteiger partial charge in [-0.25, -0.2) is 14.1 Å². The minimum absolute atomic E-state index is 0.134. The molecule has 7 heteroatoms. The van der Waals surface area contributed by atoms with Crippen molar-refractivity contribution >= 4 is 16.9 Å². The first-order valence-electron chi connectivity index (χ1n) is 9.08. The molecule has 2 heterocycles. The molecule has 0 spiro atoms. The number of rotatable bonds is 5. The largest absolute Gasteiger partial charge is 0.340 e. The summed E-state index contributed by atoms with van der Waals surface area (Å²) in [6.07, 6.45) is 2.19. The number of fused-ring (bicyclic) bond motifs is 1. The van der Waals surface area contributed by atoms with Gasteiger partial charge in [0.25, 0.3) is 5.91 Å². The van der Waals surface area contributed by atoms with Crippen LogP contribution in [0.15, 0.2) is 54.7 Å². The van der Waals surface area contributed by atoms with Crippen LogP contribution in [0.5, 0.6) is 0 Å². The highest BCUT2D eigenvalue weighted by molar-refractivity contribution is 5.95. The number of amides is 1. The Balaban J connectivity index is 1.59. The number of aromatic nitrogens is 4. The zero-order chi connectivity index (χ0) is 19.7. The fourth-order valence-electron chi connectivity index (χ4n) is 3.28. The van der Waals surface area contributed by atoms with Crippen LogP contribution in [0.2, 0.25) is 0 Å². The second-order valence-electron chi connectivity index (χ2n) is 6.61. The predicted molar refractivity (Wildman–Crippen MR) is 105 cm³/mol. The molecular weight excluding hydrogens is 357 g/mol. The summed E-state index contributed by atoms with van der Waals surface area (Å²) in [5.74, 6) is 0.280. The number of carbonyl (C=O) groups excluding carboxylic acids is 1. The summed E-state index contributed by atoms with van der Waals surface area (Å²) in [6, 6.07) is 13.8. The van der Waals surface area contributed by atoms with Gasteiger partial charge in [-0.05, 0) is 42.8 Å². The Morgan fingerprint density at radius 1 is 1.18 bits per heavy atom. The molecule has 6 nitrogen and oxygen atoms in total. The quantitative estimate of drug-likeness (QED) is 0.576. The van der Waals surface area contributed by atoms with E-state index in [1.54, 1.807) is 35.0 Å². The molecule has 142 valence electrons. The maximum atomic E-state index is 13.2. The van der Waals surface area contributed by atoms with Gasteiger partial charge in [0.1, 0.15) is 11.6 Å². The Morgan fingerprint density at radius 2 is 1.93 bits per heavy atom. The molecule has 1 amide bonds.